The zero-order chi connectivity index (χ0) is 17.6. The Morgan fingerprint density at radius 1 is 1.08 bits per heavy atom. The Labute approximate surface area is 141 Å². The lowest BCUT2D eigenvalue weighted by atomic mass is 10.1. The summed E-state index contributed by atoms with van der Waals surface area (Å²) in [7, 11) is 0. The predicted molar refractivity (Wildman–Crippen MR) is 92.3 cm³/mol. The smallest absolute Gasteiger partial charge is 0.336 e. The van der Waals surface area contributed by atoms with Crippen LogP contribution in [-0.2, 0) is 6.54 Å². The fourth-order valence-electron chi connectivity index (χ4n) is 2.90. The fourth-order valence-corrected chi connectivity index (χ4v) is 2.90. The van der Waals surface area contributed by atoms with Gasteiger partial charge in [-0.2, -0.15) is 0 Å². The maximum absolute atomic E-state index is 13.3. The molecule has 0 amide bonds. The van der Waals surface area contributed by atoms with Gasteiger partial charge in [0.15, 0.2) is 0 Å². The first-order valence-corrected chi connectivity index (χ1v) is 7.69. The van der Waals surface area contributed by atoms with Gasteiger partial charge >= 0.3 is 5.63 Å². The lowest BCUT2D eigenvalue weighted by Crippen LogP contribution is -2.22. The molecular weight excluding hydrogens is 323 g/mol. The fraction of sp³-hybridized carbons (Fsp3) is 0.105. The minimum absolute atomic E-state index is 0.171. The van der Waals surface area contributed by atoms with Crippen LogP contribution < -0.4 is 11.2 Å². The molecule has 0 radical (unpaired) electrons. The van der Waals surface area contributed by atoms with E-state index < -0.39 is 11.4 Å². The topological polar surface area (TPSA) is 65.1 Å². The normalized spacial score (nSPS) is 11.3. The van der Waals surface area contributed by atoms with Crippen molar-refractivity contribution in [1.82, 2.24) is 9.55 Å². The van der Waals surface area contributed by atoms with Gasteiger partial charge in [-0.1, -0.05) is 12.1 Å². The molecule has 0 saturated heterocycles. The van der Waals surface area contributed by atoms with Gasteiger partial charge in [0.25, 0.3) is 5.56 Å². The molecule has 2 aromatic heterocycles. The van der Waals surface area contributed by atoms with E-state index in [0.717, 1.165) is 10.9 Å². The van der Waals surface area contributed by atoms with Gasteiger partial charge in [0, 0.05) is 17.5 Å². The molecule has 0 spiro atoms. The highest BCUT2D eigenvalue weighted by atomic mass is 19.1. The van der Waals surface area contributed by atoms with Crippen LogP contribution in [0.1, 0.15) is 11.1 Å². The summed E-state index contributed by atoms with van der Waals surface area (Å²) in [6.07, 6.45) is 1.36. The van der Waals surface area contributed by atoms with Crippen molar-refractivity contribution in [2.24, 2.45) is 0 Å². The number of hydrogen-bond acceptors (Lipinski definition) is 4. The molecular formula is C19H13FN2O3. The van der Waals surface area contributed by atoms with Crippen molar-refractivity contribution < 1.29 is 8.81 Å². The van der Waals surface area contributed by atoms with Crippen LogP contribution in [-0.4, -0.2) is 9.55 Å². The number of aryl methyl sites for hydroxylation is 1. The third-order valence-electron chi connectivity index (χ3n) is 4.11. The van der Waals surface area contributed by atoms with Gasteiger partial charge in [0.2, 0.25) is 0 Å². The van der Waals surface area contributed by atoms with E-state index in [1.807, 2.05) is 19.1 Å². The Bertz CT molecular complexity index is 1240. The van der Waals surface area contributed by atoms with E-state index in [4.69, 9.17) is 4.42 Å². The molecule has 0 fully saturated rings. The Hall–Kier alpha value is -3.28. The van der Waals surface area contributed by atoms with Crippen molar-refractivity contribution >= 4 is 21.9 Å². The first-order valence-electron chi connectivity index (χ1n) is 7.69. The molecule has 2 aromatic carbocycles. The molecule has 2 heterocycles. The van der Waals surface area contributed by atoms with Crippen molar-refractivity contribution in [3.63, 3.8) is 0 Å². The highest BCUT2D eigenvalue weighted by Gasteiger charge is 2.10. The molecule has 0 aliphatic heterocycles. The molecule has 0 N–H and O–H groups in total. The summed E-state index contributed by atoms with van der Waals surface area (Å²) >= 11 is 0. The predicted octanol–water partition coefficient (Wildman–Crippen LogP) is 3.00. The number of aromatic nitrogens is 2. The van der Waals surface area contributed by atoms with Crippen LogP contribution in [0, 0.1) is 12.7 Å². The van der Waals surface area contributed by atoms with E-state index in [-0.39, 0.29) is 12.1 Å². The van der Waals surface area contributed by atoms with Gasteiger partial charge in [-0.15, -0.1) is 0 Å². The zero-order valence-electron chi connectivity index (χ0n) is 13.3. The van der Waals surface area contributed by atoms with E-state index in [1.165, 1.54) is 35.2 Å². The number of rotatable bonds is 2. The second-order valence-corrected chi connectivity index (χ2v) is 5.93. The summed E-state index contributed by atoms with van der Waals surface area (Å²) in [5.41, 5.74) is 1.65. The number of fused-ring (bicyclic) bond motifs is 2. The molecule has 0 saturated carbocycles. The summed E-state index contributed by atoms with van der Waals surface area (Å²) in [5, 5.41) is 1.09. The Balaban J connectivity index is 1.88. The standard InChI is InChI=1S/C19H13FN2O3/c1-11-2-4-14-12(7-18(23)25-17(14)6-11)9-22-10-21-16-8-13(20)3-5-15(16)19(22)24/h2-8,10H,9H2,1H3. The average molecular weight is 336 g/mol. The van der Waals surface area contributed by atoms with Crippen molar-refractivity contribution in [3.05, 3.63) is 86.5 Å². The second kappa shape index (κ2) is 5.66. The Morgan fingerprint density at radius 3 is 2.72 bits per heavy atom. The number of nitrogens with zero attached hydrogens (tertiary/aromatic N) is 2. The van der Waals surface area contributed by atoms with Crippen molar-refractivity contribution in [2.45, 2.75) is 13.5 Å². The minimum atomic E-state index is -0.475. The van der Waals surface area contributed by atoms with Gasteiger partial charge in [-0.3, -0.25) is 9.36 Å². The van der Waals surface area contributed by atoms with Crippen LogP contribution in [0.15, 0.2) is 62.8 Å². The number of halogens is 1. The summed E-state index contributed by atoms with van der Waals surface area (Å²) < 4.78 is 19.9. The summed E-state index contributed by atoms with van der Waals surface area (Å²) in [5.74, 6) is -0.445. The summed E-state index contributed by atoms with van der Waals surface area (Å²) in [6, 6.07) is 10.8. The quantitative estimate of drug-likeness (QED) is 0.528. The summed E-state index contributed by atoms with van der Waals surface area (Å²) in [4.78, 5) is 28.6. The molecule has 6 heteroatoms. The van der Waals surface area contributed by atoms with Gasteiger partial charge in [0.1, 0.15) is 11.4 Å². The van der Waals surface area contributed by atoms with Crippen LogP contribution in [0.5, 0.6) is 0 Å². The number of benzene rings is 2. The lowest BCUT2D eigenvalue weighted by Gasteiger charge is -2.09. The SMILES string of the molecule is Cc1ccc2c(Cn3cnc4cc(F)ccc4c3=O)cc(=O)oc2c1. The molecule has 4 rings (SSSR count). The molecule has 4 aromatic rings. The van der Waals surface area contributed by atoms with Crippen LogP contribution in [0.4, 0.5) is 4.39 Å². The van der Waals surface area contributed by atoms with Crippen molar-refractivity contribution in [2.75, 3.05) is 0 Å². The molecule has 5 nitrogen and oxygen atoms in total. The molecule has 25 heavy (non-hydrogen) atoms. The van der Waals surface area contributed by atoms with Gasteiger partial charge < -0.3 is 4.42 Å². The second-order valence-electron chi connectivity index (χ2n) is 5.93. The van der Waals surface area contributed by atoms with E-state index in [0.29, 0.717) is 22.0 Å². The van der Waals surface area contributed by atoms with Crippen molar-refractivity contribution in [1.29, 1.82) is 0 Å². The maximum Gasteiger partial charge on any atom is 0.336 e. The largest absolute Gasteiger partial charge is 0.423 e. The Kier molecular flexibility index (Phi) is 3.46. The monoisotopic (exact) mass is 336 g/mol. The lowest BCUT2D eigenvalue weighted by molar-refractivity contribution is 0.557. The third kappa shape index (κ3) is 2.71. The average Bonchev–Trinajstić information content (AvgIpc) is 2.56. The molecule has 0 aliphatic rings. The van der Waals surface area contributed by atoms with Crippen molar-refractivity contribution in [3.8, 4) is 0 Å². The van der Waals surface area contributed by atoms with Crippen LogP contribution in [0.2, 0.25) is 0 Å². The van der Waals surface area contributed by atoms with E-state index >= 15 is 0 Å². The van der Waals surface area contributed by atoms with Crippen LogP contribution in [0.3, 0.4) is 0 Å². The number of hydrogen-bond donors (Lipinski definition) is 0. The molecule has 0 atom stereocenters. The maximum atomic E-state index is 13.3. The highest BCUT2D eigenvalue weighted by molar-refractivity contribution is 5.81. The molecule has 124 valence electrons. The minimum Gasteiger partial charge on any atom is -0.423 e. The van der Waals surface area contributed by atoms with E-state index in [1.54, 1.807) is 6.07 Å². The first kappa shape index (κ1) is 15.3. The Morgan fingerprint density at radius 2 is 1.88 bits per heavy atom. The van der Waals surface area contributed by atoms with Crippen LogP contribution >= 0.6 is 0 Å². The molecule has 0 aliphatic carbocycles. The van der Waals surface area contributed by atoms with Gasteiger partial charge in [-0.25, -0.2) is 14.2 Å². The zero-order valence-corrected chi connectivity index (χ0v) is 13.3. The van der Waals surface area contributed by atoms with E-state index in [2.05, 4.69) is 4.98 Å². The summed E-state index contributed by atoms with van der Waals surface area (Å²) in [6.45, 7) is 2.08. The molecule has 0 bridgehead atoms. The van der Waals surface area contributed by atoms with Gasteiger partial charge in [-0.05, 0) is 36.2 Å². The van der Waals surface area contributed by atoms with Gasteiger partial charge in [0.05, 0.1) is 23.8 Å². The first-order chi connectivity index (χ1) is 12.0. The third-order valence-corrected chi connectivity index (χ3v) is 4.11. The van der Waals surface area contributed by atoms with Crippen LogP contribution in [0.25, 0.3) is 21.9 Å². The highest BCUT2D eigenvalue weighted by Crippen LogP contribution is 2.19. The molecule has 0 unspecified atom stereocenters. The van der Waals surface area contributed by atoms with E-state index in [9.17, 15) is 14.0 Å².